The summed E-state index contributed by atoms with van der Waals surface area (Å²) in [6, 6.07) is 13.0. The number of carbonyl (C=O) groups excluding carboxylic acids is 1. The molecule has 3 rings (SSSR count). The number of nitrogens with one attached hydrogen (secondary N) is 1. The lowest BCUT2D eigenvalue weighted by atomic mass is 10.2. The molecule has 0 aromatic heterocycles. The predicted molar refractivity (Wildman–Crippen MR) is 107 cm³/mol. The summed E-state index contributed by atoms with van der Waals surface area (Å²) in [6.07, 6.45) is 0. The topological polar surface area (TPSA) is 44.8 Å². The van der Waals surface area contributed by atoms with Crippen LogP contribution in [0.15, 0.2) is 42.5 Å². The molecule has 1 heterocycles. The number of benzene rings is 2. The van der Waals surface area contributed by atoms with Crippen molar-refractivity contribution in [3.05, 3.63) is 52.5 Å². The average molecular weight is 394 g/mol. The fraction of sp³-hybridized carbons (Fsp3) is 0.316. The second-order valence-corrected chi connectivity index (χ2v) is 7.04. The van der Waals surface area contributed by atoms with Crippen LogP contribution in [0, 0.1) is 0 Å². The van der Waals surface area contributed by atoms with Gasteiger partial charge >= 0.3 is 0 Å². The van der Waals surface area contributed by atoms with Crippen molar-refractivity contribution >= 4 is 40.5 Å². The Labute approximate surface area is 163 Å². The van der Waals surface area contributed by atoms with Gasteiger partial charge < -0.3 is 15.0 Å². The van der Waals surface area contributed by atoms with Crippen LogP contribution in [0.5, 0.6) is 5.75 Å². The van der Waals surface area contributed by atoms with Crippen LogP contribution in [-0.2, 0) is 4.79 Å². The first kappa shape index (κ1) is 18.8. The molecular formula is C19H21Cl2N3O2. The zero-order valence-electron chi connectivity index (χ0n) is 14.5. The van der Waals surface area contributed by atoms with Crippen LogP contribution in [0.1, 0.15) is 0 Å². The van der Waals surface area contributed by atoms with Crippen LogP contribution >= 0.6 is 23.2 Å². The van der Waals surface area contributed by atoms with E-state index in [1.165, 1.54) is 0 Å². The Kier molecular flexibility index (Phi) is 6.25. The molecule has 2 aromatic rings. The largest absolute Gasteiger partial charge is 0.497 e. The van der Waals surface area contributed by atoms with Crippen LogP contribution in [0.25, 0.3) is 0 Å². The number of halogens is 2. The van der Waals surface area contributed by atoms with Crippen molar-refractivity contribution in [2.45, 2.75) is 0 Å². The Hall–Kier alpha value is -1.95. The zero-order chi connectivity index (χ0) is 18.5. The molecule has 5 nitrogen and oxygen atoms in total. The third-order valence-corrected chi connectivity index (χ3v) is 4.74. The molecule has 138 valence electrons. The quantitative estimate of drug-likeness (QED) is 0.839. The number of hydrogen-bond donors (Lipinski definition) is 1. The number of methoxy groups -OCH3 is 1. The van der Waals surface area contributed by atoms with Crippen molar-refractivity contribution < 1.29 is 9.53 Å². The van der Waals surface area contributed by atoms with Gasteiger partial charge in [0.2, 0.25) is 5.91 Å². The number of piperazine rings is 1. The second kappa shape index (κ2) is 8.62. The first-order chi connectivity index (χ1) is 12.5. The van der Waals surface area contributed by atoms with E-state index in [1.807, 2.05) is 18.2 Å². The van der Waals surface area contributed by atoms with E-state index in [-0.39, 0.29) is 5.91 Å². The first-order valence-electron chi connectivity index (χ1n) is 8.41. The fourth-order valence-electron chi connectivity index (χ4n) is 3.00. The molecule has 1 amide bonds. The number of ether oxygens (including phenoxy) is 1. The van der Waals surface area contributed by atoms with Gasteiger partial charge in [-0.3, -0.25) is 9.69 Å². The minimum Gasteiger partial charge on any atom is -0.497 e. The summed E-state index contributed by atoms with van der Waals surface area (Å²) in [7, 11) is 1.67. The highest BCUT2D eigenvalue weighted by atomic mass is 35.5. The van der Waals surface area contributed by atoms with E-state index in [9.17, 15) is 4.79 Å². The lowest BCUT2D eigenvalue weighted by Crippen LogP contribution is -2.48. The van der Waals surface area contributed by atoms with Gasteiger partial charge in [-0.15, -0.1) is 0 Å². The molecule has 0 unspecified atom stereocenters. The highest BCUT2D eigenvalue weighted by Crippen LogP contribution is 2.23. The van der Waals surface area contributed by atoms with Crippen LogP contribution in [0.3, 0.4) is 0 Å². The van der Waals surface area contributed by atoms with E-state index in [1.54, 1.807) is 25.3 Å². The molecule has 0 spiro atoms. The third-order valence-electron chi connectivity index (χ3n) is 4.30. The van der Waals surface area contributed by atoms with E-state index < -0.39 is 0 Å². The van der Waals surface area contributed by atoms with Crippen molar-refractivity contribution in [3.63, 3.8) is 0 Å². The lowest BCUT2D eigenvalue weighted by Gasteiger charge is -2.35. The molecule has 2 aromatic carbocycles. The van der Waals surface area contributed by atoms with Gasteiger partial charge in [0.05, 0.1) is 13.7 Å². The summed E-state index contributed by atoms with van der Waals surface area (Å²) in [6.45, 7) is 3.71. The van der Waals surface area contributed by atoms with Gasteiger partial charge in [-0.25, -0.2) is 0 Å². The molecule has 0 saturated carbocycles. The fourth-order valence-corrected chi connectivity index (χ4v) is 3.53. The number of rotatable bonds is 5. The monoisotopic (exact) mass is 393 g/mol. The number of carbonyl (C=O) groups is 1. The van der Waals surface area contributed by atoms with Crippen LogP contribution in [0.4, 0.5) is 11.4 Å². The summed E-state index contributed by atoms with van der Waals surface area (Å²) >= 11 is 11.9. The van der Waals surface area contributed by atoms with Crippen molar-refractivity contribution in [1.82, 2.24) is 4.90 Å². The van der Waals surface area contributed by atoms with Gasteiger partial charge in [-0.1, -0.05) is 29.3 Å². The summed E-state index contributed by atoms with van der Waals surface area (Å²) in [5, 5.41) is 3.85. The molecule has 1 N–H and O–H groups in total. The molecule has 7 heteroatoms. The van der Waals surface area contributed by atoms with Crippen LogP contribution < -0.4 is 15.0 Å². The van der Waals surface area contributed by atoms with E-state index in [4.69, 9.17) is 27.9 Å². The summed E-state index contributed by atoms with van der Waals surface area (Å²) in [5.74, 6) is 0.780. The number of amides is 1. The average Bonchev–Trinajstić information content (AvgIpc) is 2.61. The lowest BCUT2D eigenvalue weighted by molar-refractivity contribution is -0.117. The van der Waals surface area contributed by atoms with Crippen molar-refractivity contribution in [2.75, 3.05) is 50.1 Å². The summed E-state index contributed by atoms with van der Waals surface area (Å²) < 4.78 is 5.28. The van der Waals surface area contributed by atoms with Gasteiger partial charge in [0.25, 0.3) is 0 Å². The Bertz CT molecular complexity index is 757. The van der Waals surface area contributed by atoms with Crippen LogP contribution in [0.2, 0.25) is 10.0 Å². The van der Waals surface area contributed by atoms with Gasteiger partial charge in [0.1, 0.15) is 5.75 Å². The van der Waals surface area contributed by atoms with E-state index >= 15 is 0 Å². The normalized spacial score (nSPS) is 15.0. The molecule has 1 saturated heterocycles. The SMILES string of the molecule is COc1cccc(N2CCN(CC(=O)Nc3cc(Cl)cc(Cl)c3)CC2)c1. The number of nitrogens with zero attached hydrogens (tertiary/aromatic N) is 2. The van der Waals surface area contributed by atoms with E-state index in [0.29, 0.717) is 22.3 Å². The number of hydrogen-bond acceptors (Lipinski definition) is 4. The van der Waals surface area contributed by atoms with Gasteiger partial charge in [0, 0.05) is 53.7 Å². The van der Waals surface area contributed by atoms with Crippen LogP contribution in [-0.4, -0.2) is 50.6 Å². The van der Waals surface area contributed by atoms with Crippen molar-refractivity contribution in [3.8, 4) is 5.75 Å². The summed E-state index contributed by atoms with van der Waals surface area (Å²) in [4.78, 5) is 16.7. The maximum absolute atomic E-state index is 12.3. The molecular weight excluding hydrogens is 373 g/mol. The first-order valence-corrected chi connectivity index (χ1v) is 9.16. The van der Waals surface area contributed by atoms with Gasteiger partial charge in [0.15, 0.2) is 0 Å². The molecule has 0 aliphatic carbocycles. The maximum atomic E-state index is 12.3. The standard InChI is InChI=1S/C19H21Cl2N3O2/c1-26-18-4-2-3-17(12-18)24-7-5-23(6-8-24)13-19(25)22-16-10-14(20)9-15(21)11-16/h2-4,9-12H,5-8,13H2,1H3,(H,22,25). The molecule has 1 aliphatic rings. The predicted octanol–water partition coefficient (Wildman–Crippen LogP) is 3.76. The molecule has 1 aliphatic heterocycles. The smallest absolute Gasteiger partial charge is 0.238 e. The molecule has 26 heavy (non-hydrogen) atoms. The summed E-state index contributed by atoms with van der Waals surface area (Å²) in [5.41, 5.74) is 1.75. The van der Waals surface area contributed by atoms with Gasteiger partial charge in [-0.05, 0) is 30.3 Å². The minimum absolute atomic E-state index is 0.0711. The van der Waals surface area contributed by atoms with Gasteiger partial charge in [-0.2, -0.15) is 0 Å². The Morgan fingerprint density at radius 2 is 1.77 bits per heavy atom. The maximum Gasteiger partial charge on any atom is 0.238 e. The highest BCUT2D eigenvalue weighted by molar-refractivity contribution is 6.35. The van der Waals surface area contributed by atoms with Crippen molar-refractivity contribution in [1.29, 1.82) is 0 Å². The molecule has 0 atom stereocenters. The molecule has 1 fully saturated rings. The number of anilines is 2. The third kappa shape index (κ3) is 5.04. The Morgan fingerprint density at radius 1 is 1.08 bits per heavy atom. The molecule has 0 radical (unpaired) electrons. The zero-order valence-corrected chi connectivity index (χ0v) is 16.1. The Morgan fingerprint density at radius 3 is 2.42 bits per heavy atom. The second-order valence-electron chi connectivity index (χ2n) is 6.17. The van der Waals surface area contributed by atoms with Crippen molar-refractivity contribution in [2.24, 2.45) is 0 Å². The highest BCUT2D eigenvalue weighted by Gasteiger charge is 2.19. The van der Waals surface area contributed by atoms with E-state index in [0.717, 1.165) is 37.6 Å². The Balaban J connectivity index is 1.51. The minimum atomic E-state index is -0.0711. The van der Waals surface area contributed by atoms with E-state index in [2.05, 4.69) is 21.2 Å². The molecule has 0 bridgehead atoms.